The average Bonchev–Trinajstić information content (AvgIpc) is 3.65. The first-order valence-electron chi connectivity index (χ1n) is 21.8. The maximum atomic E-state index is 14.5. The molecule has 0 spiro atoms. The molecule has 2 aromatic heterocycles. The number of esters is 1. The summed E-state index contributed by atoms with van der Waals surface area (Å²) in [5, 5.41) is 13.0. The highest BCUT2D eigenvalue weighted by Crippen LogP contribution is 2.77. The van der Waals surface area contributed by atoms with E-state index in [9.17, 15) is 24.3 Å². The van der Waals surface area contributed by atoms with E-state index in [0.29, 0.717) is 42.9 Å². The lowest BCUT2D eigenvalue weighted by molar-refractivity contribution is -0.232. The van der Waals surface area contributed by atoms with Crippen LogP contribution < -0.4 is 15.6 Å². The van der Waals surface area contributed by atoms with Crippen LogP contribution in [0.2, 0.25) is 0 Å². The number of methoxy groups -OCH3 is 1. The smallest absolute Gasteiger partial charge is 0.309 e. The SMILES string of the molecule is CNCCn1c([C@@]23CC[C@]4(C)[C@H](CC[C@@H]5[C@@]6(C)CC[C@H](OC(=O)CC(C)(C)C(=O)O)C(C)(C)[C@@H]6CC[C@]54C)C2=C(C(C)C)C(=O)C3)cc(=O)n1-c1ccc(OC)cn1. The number of carbonyl (C=O) groups excluding carboxylic acids is 2. The third-order valence-electron chi connectivity index (χ3n) is 17.0. The first kappa shape index (κ1) is 42.4. The molecule has 4 fully saturated rings. The molecule has 0 radical (unpaired) electrons. The molecule has 0 bridgehead atoms. The van der Waals surface area contributed by atoms with Gasteiger partial charge in [0.15, 0.2) is 11.6 Å². The number of allylic oxidation sites excluding steroid dienone is 2. The standard InChI is InChI=1S/C47H68N4O7/c1-28(2)39-31(52)25-47(34-24-37(53)51(50(34)23-22-48-10)36-15-12-29(57-11)27-49-36)21-20-45(8)30(40(39)47)13-14-33-44(7)18-17-35(58-38(54)26-42(3,4)41(55)56)43(5,6)32(44)16-19-46(33,45)9/h12,15,24,27-28,30,32-33,35,48H,13-14,16-23,25-26H2,1-11H3,(H,55,56)/t30-,32+,33-,35+,44+,45-,46-,47+/m1/s1. The van der Waals surface area contributed by atoms with Crippen LogP contribution in [0, 0.1) is 50.7 Å². The lowest BCUT2D eigenvalue weighted by atomic mass is 9.33. The van der Waals surface area contributed by atoms with E-state index in [1.54, 1.807) is 37.9 Å². The van der Waals surface area contributed by atoms with Crippen molar-refractivity contribution in [1.82, 2.24) is 19.7 Å². The molecule has 7 rings (SSSR count). The molecule has 0 amide bonds. The average molecular weight is 801 g/mol. The van der Waals surface area contributed by atoms with Crippen LogP contribution in [-0.4, -0.2) is 64.0 Å². The van der Waals surface area contributed by atoms with Crippen LogP contribution >= 0.6 is 0 Å². The monoisotopic (exact) mass is 801 g/mol. The van der Waals surface area contributed by atoms with Gasteiger partial charge in [-0.15, -0.1) is 0 Å². The molecule has 4 saturated carbocycles. The number of carbonyl (C=O) groups is 3. The topological polar surface area (TPSA) is 142 Å². The van der Waals surface area contributed by atoms with Crippen molar-refractivity contribution in [2.45, 2.75) is 145 Å². The van der Waals surface area contributed by atoms with Crippen LogP contribution in [0.1, 0.15) is 132 Å². The van der Waals surface area contributed by atoms with Gasteiger partial charge >= 0.3 is 11.9 Å². The molecular weight excluding hydrogens is 733 g/mol. The molecule has 5 aliphatic carbocycles. The van der Waals surface area contributed by atoms with Gasteiger partial charge in [0.2, 0.25) is 0 Å². The Labute approximate surface area is 344 Å². The molecular formula is C47H68N4O7. The van der Waals surface area contributed by atoms with Crippen molar-refractivity contribution in [2.24, 2.45) is 50.7 Å². The van der Waals surface area contributed by atoms with Crippen molar-refractivity contribution < 1.29 is 29.0 Å². The van der Waals surface area contributed by atoms with Crippen LogP contribution in [0.4, 0.5) is 0 Å². The van der Waals surface area contributed by atoms with Gasteiger partial charge in [-0.3, -0.25) is 23.9 Å². The van der Waals surface area contributed by atoms with Gasteiger partial charge in [0.25, 0.3) is 5.56 Å². The number of aromatic nitrogens is 3. The minimum Gasteiger partial charge on any atom is -0.495 e. The summed E-state index contributed by atoms with van der Waals surface area (Å²) in [6.45, 7) is 20.8. The number of Topliss-reactive ketones (excluding diaryl/α,β-unsaturated/α-hetero) is 1. The molecule has 58 heavy (non-hydrogen) atoms. The number of fused-ring (bicyclic) bond motifs is 7. The Balaban J connectivity index is 1.26. The summed E-state index contributed by atoms with van der Waals surface area (Å²) >= 11 is 0. The van der Waals surface area contributed by atoms with Crippen molar-refractivity contribution in [3.8, 4) is 11.6 Å². The summed E-state index contributed by atoms with van der Waals surface area (Å²) in [6.07, 6.45) is 9.21. The van der Waals surface area contributed by atoms with E-state index in [4.69, 9.17) is 9.47 Å². The van der Waals surface area contributed by atoms with Gasteiger partial charge < -0.3 is 19.9 Å². The van der Waals surface area contributed by atoms with Gasteiger partial charge in [-0.2, -0.15) is 4.68 Å². The number of rotatable bonds is 11. The number of carboxylic acid groups (broad SMARTS) is 1. The number of likely N-dealkylation sites (N-methyl/N-ethyl adjacent to an activating group) is 1. The quantitative estimate of drug-likeness (QED) is 0.217. The van der Waals surface area contributed by atoms with Gasteiger partial charge in [-0.25, -0.2) is 4.98 Å². The summed E-state index contributed by atoms with van der Waals surface area (Å²) in [4.78, 5) is 58.4. The predicted molar refractivity (Wildman–Crippen MR) is 223 cm³/mol. The molecule has 0 aromatic carbocycles. The summed E-state index contributed by atoms with van der Waals surface area (Å²) in [5.41, 5.74) is 0.993. The van der Waals surface area contributed by atoms with Crippen molar-refractivity contribution >= 4 is 17.7 Å². The highest BCUT2D eigenvalue weighted by atomic mass is 16.5. The Hall–Kier alpha value is -3.73. The number of hydrogen-bond donors (Lipinski definition) is 2. The molecule has 0 unspecified atom stereocenters. The number of ketones is 1. The van der Waals surface area contributed by atoms with E-state index >= 15 is 0 Å². The molecule has 318 valence electrons. The Morgan fingerprint density at radius 1 is 0.983 bits per heavy atom. The fraction of sp³-hybridized carbons (Fsp3) is 0.723. The lowest BCUT2D eigenvalue weighted by Crippen LogP contribution is -2.66. The van der Waals surface area contributed by atoms with E-state index in [0.717, 1.165) is 62.6 Å². The molecule has 8 atom stereocenters. The highest BCUT2D eigenvalue weighted by Gasteiger charge is 2.70. The van der Waals surface area contributed by atoms with Crippen molar-refractivity contribution in [3.05, 3.63) is 51.6 Å². The number of aliphatic carboxylic acids is 1. The second-order valence-corrected chi connectivity index (χ2v) is 20.9. The number of nitrogens with one attached hydrogen (secondary N) is 1. The van der Waals surface area contributed by atoms with Gasteiger partial charge in [0.05, 0.1) is 37.4 Å². The van der Waals surface area contributed by atoms with Crippen LogP contribution in [0.3, 0.4) is 0 Å². The second-order valence-electron chi connectivity index (χ2n) is 20.9. The van der Waals surface area contributed by atoms with E-state index in [1.807, 2.05) is 19.2 Å². The van der Waals surface area contributed by atoms with Crippen molar-refractivity contribution in [1.29, 1.82) is 0 Å². The van der Waals surface area contributed by atoms with Gasteiger partial charge in [-0.05, 0) is 135 Å². The molecule has 0 aliphatic heterocycles. The molecule has 11 heteroatoms. The summed E-state index contributed by atoms with van der Waals surface area (Å²) < 4.78 is 15.4. The minimum absolute atomic E-state index is 0.00387. The molecule has 11 nitrogen and oxygen atoms in total. The van der Waals surface area contributed by atoms with Crippen LogP contribution in [0.15, 0.2) is 40.3 Å². The third kappa shape index (κ3) is 6.17. The first-order chi connectivity index (χ1) is 27.1. The number of pyridine rings is 1. The number of ether oxygens (including phenoxy) is 2. The Bertz CT molecular complexity index is 2060. The second kappa shape index (κ2) is 14.5. The molecule has 0 saturated heterocycles. The van der Waals surface area contributed by atoms with Gasteiger partial charge in [0.1, 0.15) is 11.9 Å². The summed E-state index contributed by atoms with van der Waals surface area (Å²) in [5.74, 6) is 0.991. The number of nitrogens with zero attached hydrogens (tertiary/aromatic N) is 3. The normalized spacial score (nSPS) is 34.2. The number of hydrogen-bond acceptors (Lipinski definition) is 8. The lowest BCUT2D eigenvalue weighted by Gasteiger charge is -2.72. The highest BCUT2D eigenvalue weighted by molar-refractivity contribution is 6.01. The summed E-state index contributed by atoms with van der Waals surface area (Å²) in [7, 11) is 3.52. The summed E-state index contributed by atoms with van der Waals surface area (Å²) in [6, 6.07) is 5.45. The van der Waals surface area contributed by atoms with Crippen molar-refractivity contribution in [2.75, 3.05) is 20.7 Å². The van der Waals surface area contributed by atoms with Crippen LogP contribution in [-0.2, 0) is 31.1 Å². The zero-order valence-corrected chi connectivity index (χ0v) is 36.9. The fourth-order valence-corrected chi connectivity index (χ4v) is 13.9. The molecule has 2 aromatic rings. The Morgan fingerprint density at radius 2 is 1.71 bits per heavy atom. The zero-order chi connectivity index (χ0) is 42.4. The number of carboxylic acids is 1. The van der Waals surface area contributed by atoms with Gasteiger partial charge in [-0.1, -0.05) is 48.5 Å². The predicted octanol–water partition coefficient (Wildman–Crippen LogP) is 7.91. The molecule has 2 heterocycles. The molecule has 5 aliphatic rings. The van der Waals surface area contributed by atoms with E-state index in [2.05, 4.69) is 63.4 Å². The zero-order valence-electron chi connectivity index (χ0n) is 36.9. The van der Waals surface area contributed by atoms with Crippen LogP contribution in [0.5, 0.6) is 5.75 Å². The Kier molecular flexibility index (Phi) is 10.6. The van der Waals surface area contributed by atoms with E-state index in [-0.39, 0.29) is 57.4 Å². The first-order valence-corrected chi connectivity index (χ1v) is 21.8. The van der Waals surface area contributed by atoms with Gasteiger partial charge in [0, 0.05) is 29.9 Å². The Morgan fingerprint density at radius 3 is 2.33 bits per heavy atom. The maximum absolute atomic E-state index is 14.5. The maximum Gasteiger partial charge on any atom is 0.309 e. The van der Waals surface area contributed by atoms with Crippen molar-refractivity contribution in [3.63, 3.8) is 0 Å². The van der Waals surface area contributed by atoms with Crippen LogP contribution in [0.25, 0.3) is 5.82 Å². The van der Waals surface area contributed by atoms with E-state index in [1.165, 1.54) is 5.57 Å². The van der Waals surface area contributed by atoms with E-state index < -0.39 is 22.8 Å². The fourth-order valence-electron chi connectivity index (χ4n) is 13.9. The third-order valence-corrected chi connectivity index (χ3v) is 17.0. The molecule has 2 N–H and O–H groups in total. The largest absolute Gasteiger partial charge is 0.495 e. The minimum atomic E-state index is -1.18.